The van der Waals surface area contributed by atoms with Gasteiger partial charge in [0.05, 0.1) is 7.11 Å². The topological polar surface area (TPSA) is 44.8 Å². The van der Waals surface area contributed by atoms with Crippen molar-refractivity contribution in [1.82, 2.24) is 0 Å². The minimum Gasteiger partial charge on any atom is -0.497 e. The molecule has 0 saturated heterocycles. The highest BCUT2D eigenvalue weighted by Gasteiger charge is 2.05. The fourth-order valence-corrected chi connectivity index (χ4v) is 1.20. The minimum absolute atomic E-state index is 0.165. The van der Waals surface area contributed by atoms with Crippen molar-refractivity contribution in [2.24, 2.45) is 0 Å². The molecular formula is C11H14O4. The Hall–Kier alpha value is -1.55. The summed E-state index contributed by atoms with van der Waals surface area (Å²) in [7, 11) is 3.12. The third-order valence-corrected chi connectivity index (χ3v) is 1.90. The molecule has 0 N–H and O–H groups in total. The number of hydrogen-bond acceptors (Lipinski definition) is 4. The van der Waals surface area contributed by atoms with Crippen LogP contribution in [0.15, 0.2) is 18.2 Å². The van der Waals surface area contributed by atoms with Crippen LogP contribution >= 0.6 is 0 Å². The number of carbonyl (C=O) groups excluding carboxylic acids is 1. The molecule has 0 aromatic heterocycles. The number of carbonyl (C=O) groups is 1. The van der Waals surface area contributed by atoms with Crippen LogP contribution in [0.3, 0.4) is 0 Å². The van der Waals surface area contributed by atoms with Crippen LogP contribution in [0.5, 0.6) is 11.5 Å². The van der Waals surface area contributed by atoms with E-state index in [2.05, 4.69) is 0 Å². The van der Waals surface area contributed by atoms with Crippen molar-refractivity contribution >= 4 is 6.29 Å². The largest absolute Gasteiger partial charge is 0.497 e. The molecule has 0 saturated carbocycles. The second-order valence-electron chi connectivity index (χ2n) is 2.90. The van der Waals surface area contributed by atoms with Gasteiger partial charge >= 0.3 is 0 Å². The van der Waals surface area contributed by atoms with Crippen molar-refractivity contribution in [3.8, 4) is 11.5 Å². The van der Waals surface area contributed by atoms with Crippen LogP contribution in [0.1, 0.15) is 5.56 Å². The molecule has 4 nitrogen and oxygen atoms in total. The number of rotatable bonds is 6. The van der Waals surface area contributed by atoms with Gasteiger partial charge in [-0.1, -0.05) is 0 Å². The van der Waals surface area contributed by atoms with E-state index >= 15 is 0 Å². The molecule has 0 radical (unpaired) electrons. The highest BCUT2D eigenvalue weighted by Crippen LogP contribution is 2.24. The van der Waals surface area contributed by atoms with Crippen molar-refractivity contribution in [2.45, 2.75) is 6.42 Å². The van der Waals surface area contributed by atoms with E-state index in [0.29, 0.717) is 17.9 Å². The Morgan fingerprint density at radius 3 is 2.73 bits per heavy atom. The van der Waals surface area contributed by atoms with Gasteiger partial charge in [0, 0.05) is 19.1 Å². The first-order chi connectivity index (χ1) is 7.31. The average molecular weight is 210 g/mol. The predicted octanol–water partition coefficient (Wildman–Crippen LogP) is 1.42. The SMILES string of the molecule is COCOc1ccc(OC)cc1CC=O. The average Bonchev–Trinajstić information content (AvgIpc) is 2.27. The second-order valence-corrected chi connectivity index (χ2v) is 2.90. The lowest BCUT2D eigenvalue weighted by molar-refractivity contribution is -0.107. The number of benzene rings is 1. The molecule has 0 aliphatic carbocycles. The molecule has 1 aromatic carbocycles. The highest BCUT2D eigenvalue weighted by molar-refractivity contribution is 5.58. The smallest absolute Gasteiger partial charge is 0.188 e. The lowest BCUT2D eigenvalue weighted by Gasteiger charge is -2.10. The van der Waals surface area contributed by atoms with Gasteiger partial charge in [0.1, 0.15) is 17.8 Å². The third kappa shape index (κ3) is 3.25. The highest BCUT2D eigenvalue weighted by atomic mass is 16.7. The Kier molecular flexibility index (Phi) is 4.63. The maximum absolute atomic E-state index is 10.5. The lowest BCUT2D eigenvalue weighted by Crippen LogP contribution is -2.02. The summed E-state index contributed by atoms with van der Waals surface area (Å²) in [5, 5.41) is 0. The number of methoxy groups -OCH3 is 2. The second kappa shape index (κ2) is 6.03. The zero-order chi connectivity index (χ0) is 11.1. The van der Waals surface area contributed by atoms with E-state index in [0.717, 1.165) is 11.8 Å². The summed E-state index contributed by atoms with van der Waals surface area (Å²) in [6, 6.07) is 5.31. The number of ether oxygens (including phenoxy) is 3. The van der Waals surface area contributed by atoms with Crippen molar-refractivity contribution in [3.05, 3.63) is 23.8 Å². The first-order valence-corrected chi connectivity index (χ1v) is 4.54. The van der Waals surface area contributed by atoms with Gasteiger partial charge in [0.2, 0.25) is 0 Å². The van der Waals surface area contributed by atoms with Crippen LogP contribution in [0.25, 0.3) is 0 Å². The zero-order valence-electron chi connectivity index (χ0n) is 8.86. The molecule has 0 amide bonds. The molecular weight excluding hydrogens is 196 g/mol. The van der Waals surface area contributed by atoms with E-state index in [1.807, 2.05) is 0 Å². The van der Waals surface area contributed by atoms with E-state index in [1.54, 1.807) is 32.4 Å². The number of aldehydes is 1. The van der Waals surface area contributed by atoms with Crippen LogP contribution < -0.4 is 9.47 Å². The molecule has 15 heavy (non-hydrogen) atoms. The molecule has 0 aliphatic rings. The van der Waals surface area contributed by atoms with E-state index < -0.39 is 0 Å². The lowest BCUT2D eigenvalue weighted by atomic mass is 10.1. The van der Waals surface area contributed by atoms with E-state index in [-0.39, 0.29) is 6.79 Å². The van der Waals surface area contributed by atoms with Crippen molar-refractivity contribution in [2.75, 3.05) is 21.0 Å². The van der Waals surface area contributed by atoms with Crippen LogP contribution in [-0.2, 0) is 16.0 Å². The Morgan fingerprint density at radius 1 is 1.33 bits per heavy atom. The molecule has 0 atom stereocenters. The van der Waals surface area contributed by atoms with Gasteiger partial charge in [-0.15, -0.1) is 0 Å². The van der Waals surface area contributed by atoms with Gasteiger partial charge < -0.3 is 19.0 Å². The Labute approximate surface area is 88.8 Å². The first-order valence-electron chi connectivity index (χ1n) is 4.54. The van der Waals surface area contributed by atoms with Gasteiger partial charge in [-0.2, -0.15) is 0 Å². The van der Waals surface area contributed by atoms with E-state index in [4.69, 9.17) is 14.2 Å². The Balaban J connectivity index is 2.87. The molecule has 82 valence electrons. The fourth-order valence-electron chi connectivity index (χ4n) is 1.20. The Morgan fingerprint density at radius 2 is 2.13 bits per heavy atom. The van der Waals surface area contributed by atoms with Crippen molar-refractivity contribution in [1.29, 1.82) is 0 Å². The zero-order valence-corrected chi connectivity index (χ0v) is 8.86. The maximum atomic E-state index is 10.5. The Bertz CT molecular complexity index is 322. The van der Waals surface area contributed by atoms with E-state index in [1.165, 1.54) is 0 Å². The van der Waals surface area contributed by atoms with Gasteiger partial charge in [0.15, 0.2) is 6.79 Å². The molecule has 0 bridgehead atoms. The van der Waals surface area contributed by atoms with Crippen LogP contribution in [0.4, 0.5) is 0 Å². The normalized spacial score (nSPS) is 9.73. The molecule has 1 aromatic rings. The van der Waals surface area contributed by atoms with E-state index in [9.17, 15) is 4.79 Å². The quantitative estimate of drug-likeness (QED) is 0.526. The summed E-state index contributed by atoms with van der Waals surface area (Å²) in [4.78, 5) is 10.5. The summed E-state index contributed by atoms with van der Waals surface area (Å²) >= 11 is 0. The van der Waals surface area contributed by atoms with Crippen molar-refractivity contribution in [3.63, 3.8) is 0 Å². The van der Waals surface area contributed by atoms with Crippen molar-refractivity contribution < 1.29 is 19.0 Å². The monoisotopic (exact) mass is 210 g/mol. The third-order valence-electron chi connectivity index (χ3n) is 1.90. The van der Waals surface area contributed by atoms with Gasteiger partial charge in [-0.3, -0.25) is 0 Å². The predicted molar refractivity (Wildman–Crippen MR) is 55.3 cm³/mol. The summed E-state index contributed by atoms with van der Waals surface area (Å²) in [5.74, 6) is 1.35. The molecule has 4 heteroatoms. The molecule has 0 unspecified atom stereocenters. The maximum Gasteiger partial charge on any atom is 0.188 e. The standard InChI is InChI=1S/C11H14O4/c1-13-8-15-11-4-3-10(14-2)7-9(11)5-6-12/h3-4,6-7H,5,8H2,1-2H3. The minimum atomic E-state index is 0.165. The molecule has 0 fully saturated rings. The van der Waals surface area contributed by atoms with Gasteiger partial charge in [-0.05, 0) is 18.2 Å². The first kappa shape index (κ1) is 11.5. The van der Waals surface area contributed by atoms with Crippen LogP contribution in [-0.4, -0.2) is 27.3 Å². The molecule has 1 rings (SSSR count). The summed E-state index contributed by atoms with van der Waals surface area (Å²) < 4.78 is 15.2. The summed E-state index contributed by atoms with van der Waals surface area (Å²) in [5.41, 5.74) is 0.793. The fraction of sp³-hybridized carbons (Fsp3) is 0.364. The van der Waals surface area contributed by atoms with Crippen LogP contribution in [0.2, 0.25) is 0 Å². The number of hydrogen-bond donors (Lipinski definition) is 0. The van der Waals surface area contributed by atoms with Gasteiger partial charge in [-0.25, -0.2) is 0 Å². The molecule has 0 heterocycles. The molecule has 0 aliphatic heterocycles. The van der Waals surface area contributed by atoms with Crippen LogP contribution in [0, 0.1) is 0 Å². The summed E-state index contributed by atoms with van der Waals surface area (Å²) in [6.07, 6.45) is 1.13. The van der Waals surface area contributed by atoms with Gasteiger partial charge in [0.25, 0.3) is 0 Å². The molecule has 0 spiro atoms. The summed E-state index contributed by atoms with van der Waals surface area (Å²) in [6.45, 7) is 0.165.